The predicted molar refractivity (Wildman–Crippen MR) is 63.4 cm³/mol. The Labute approximate surface area is 103 Å². The van der Waals surface area contributed by atoms with Crippen molar-refractivity contribution in [3.05, 3.63) is 0 Å². The van der Waals surface area contributed by atoms with Gasteiger partial charge in [-0.15, -0.1) is 46.4 Å². The zero-order chi connectivity index (χ0) is 10.9. The summed E-state index contributed by atoms with van der Waals surface area (Å²) in [5.41, 5.74) is 0. The Kier molecular flexibility index (Phi) is 5.28. The smallest absolute Gasteiger partial charge is 0.211 e. The maximum Gasteiger partial charge on any atom is 0.211 e. The molecule has 80 valence electrons. The van der Waals surface area contributed by atoms with E-state index in [4.69, 9.17) is 57.6 Å². The summed E-state index contributed by atoms with van der Waals surface area (Å²) in [6, 6.07) is 0. The molecular weight excluding hydrogens is 296 g/mol. The van der Waals surface area contributed by atoms with Crippen LogP contribution >= 0.6 is 64.1 Å². The van der Waals surface area contributed by atoms with Gasteiger partial charge in [0.15, 0.2) is 0 Å². The zero-order valence-electron chi connectivity index (χ0n) is 7.16. The number of alkyl halides is 4. The predicted octanol–water partition coefficient (Wildman–Crippen LogP) is 4.89. The molecule has 0 aromatic rings. The average molecular weight is 306 g/mol. The molecule has 2 atom stereocenters. The van der Waals surface area contributed by atoms with Crippen LogP contribution in [0.25, 0.3) is 0 Å². The Morgan fingerprint density at radius 2 is 1.31 bits per heavy atom. The summed E-state index contributed by atoms with van der Waals surface area (Å²) < 4.78 is 9.58. The second kappa shape index (κ2) is 4.68. The molecule has 0 rings (SSSR count). The van der Waals surface area contributed by atoms with Crippen LogP contribution in [0.3, 0.4) is 0 Å². The van der Waals surface area contributed by atoms with E-state index in [0.29, 0.717) is 0 Å². The molecule has 13 heavy (non-hydrogen) atoms. The highest BCUT2D eigenvalue weighted by molar-refractivity contribution is 7.93. The van der Waals surface area contributed by atoms with Crippen molar-refractivity contribution in [1.29, 1.82) is 0 Å². The minimum Gasteiger partial charge on any atom is -0.303 e. The summed E-state index contributed by atoms with van der Waals surface area (Å²) in [6.45, 7) is -0.382. The largest absolute Gasteiger partial charge is 0.303 e. The molecule has 0 saturated carbocycles. The lowest BCUT2D eigenvalue weighted by Crippen LogP contribution is -2.29. The molecule has 0 saturated heterocycles. The van der Waals surface area contributed by atoms with Crippen molar-refractivity contribution in [3.63, 3.8) is 0 Å². The number of rotatable bonds is 4. The summed E-state index contributed by atoms with van der Waals surface area (Å²) in [5, 5.41) is 0. The van der Waals surface area contributed by atoms with Gasteiger partial charge in [-0.3, -0.25) is 0 Å². The molecule has 0 fully saturated rings. The van der Waals surface area contributed by atoms with E-state index < -0.39 is 15.7 Å². The summed E-state index contributed by atoms with van der Waals surface area (Å²) in [6.07, 6.45) is 0. The Balaban J connectivity index is 5.08. The van der Waals surface area contributed by atoms with Crippen LogP contribution in [0.1, 0.15) is 13.8 Å². The van der Waals surface area contributed by atoms with Crippen LogP contribution in [-0.2, 0) is 4.57 Å². The fourth-order valence-electron chi connectivity index (χ4n) is 0.640. The normalized spacial score (nSPS) is 25.8. The molecule has 0 N–H and O–H groups in total. The van der Waals surface area contributed by atoms with Gasteiger partial charge in [0, 0.05) is 11.8 Å². The molecular formula is C6H10Cl5OP. The van der Waals surface area contributed by atoms with Gasteiger partial charge in [0.2, 0.25) is 6.49 Å². The van der Waals surface area contributed by atoms with E-state index in [0.717, 1.165) is 0 Å². The van der Waals surface area contributed by atoms with Crippen LogP contribution in [0, 0.1) is 0 Å². The molecule has 0 radical (unpaired) electrons. The van der Waals surface area contributed by atoms with E-state index in [1.807, 2.05) is 0 Å². The molecule has 0 amide bonds. The third-order valence-electron chi connectivity index (χ3n) is 1.69. The Hall–Kier alpha value is 1.68. The Bertz CT molecular complexity index is 207. The van der Waals surface area contributed by atoms with Gasteiger partial charge in [0.25, 0.3) is 0 Å². The van der Waals surface area contributed by atoms with Crippen LogP contribution in [0.4, 0.5) is 0 Å². The molecule has 0 bridgehead atoms. The van der Waals surface area contributed by atoms with Gasteiger partial charge < -0.3 is 4.57 Å². The van der Waals surface area contributed by atoms with Gasteiger partial charge in [-0.2, -0.15) is 0 Å². The van der Waals surface area contributed by atoms with Crippen molar-refractivity contribution in [1.82, 2.24) is 0 Å². The molecule has 0 spiro atoms. The first kappa shape index (κ1) is 14.7. The summed E-state index contributed by atoms with van der Waals surface area (Å²) >= 11 is 28.8. The second-order valence-electron chi connectivity index (χ2n) is 3.08. The Morgan fingerprint density at radius 3 is 1.46 bits per heavy atom. The van der Waals surface area contributed by atoms with Gasteiger partial charge in [-0.05, 0) is 13.8 Å². The molecule has 0 aliphatic rings. The summed E-state index contributed by atoms with van der Waals surface area (Å²) in [5.74, 6) is -0.0942. The fraction of sp³-hybridized carbons (Fsp3) is 1.00. The standard InChI is InChI=1S/C6H10Cl5OP/c1-5(9,3-7)13(11,12)6(2,10)4-8/h3-4H2,1-2H3. The molecule has 0 aliphatic heterocycles. The summed E-state index contributed by atoms with van der Waals surface area (Å²) in [7, 11) is 0. The van der Waals surface area contributed by atoms with E-state index in [9.17, 15) is 4.57 Å². The third-order valence-corrected chi connectivity index (χ3v) is 10.6. The van der Waals surface area contributed by atoms with E-state index in [2.05, 4.69) is 0 Å². The van der Waals surface area contributed by atoms with Crippen molar-refractivity contribution < 1.29 is 4.57 Å². The van der Waals surface area contributed by atoms with E-state index in [1.54, 1.807) is 0 Å². The van der Waals surface area contributed by atoms with E-state index >= 15 is 0 Å². The average Bonchev–Trinajstić information content (AvgIpc) is 2.03. The van der Waals surface area contributed by atoms with Gasteiger partial charge in [-0.1, -0.05) is 11.2 Å². The van der Waals surface area contributed by atoms with Crippen molar-refractivity contribution >= 4 is 64.1 Å². The van der Waals surface area contributed by atoms with Crippen LogP contribution < -0.4 is 0 Å². The first-order valence-electron chi connectivity index (χ1n) is 3.42. The highest BCUT2D eigenvalue weighted by Crippen LogP contribution is 2.74. The monoisotopic (exact) mass is 304 g/mol. The van der Waals surface area contributed by atoms with Gasteiger partial charge in [-0.25, -0.2) is 0 Å². The minimum atomic E-state index is -3.36. The van der Waals surface area contributed by atoms with Crippen LogP contribution in [-0.4, -0.2) is 21.0 Å². The number of halogens is 5. The van der Waals surface area contributed by atoms with Gasteiger partial charge >= 0.3 is 0 Å². The Morgan fingerprint density at radius 1 is 1.08 bits per heavy atom. The van der Waals surface area contributed by atoms with Crippen LogP contribution in [0.2, 0.25) is 0 Å². The van der Waals surface area contributed by atoms with Crippen molar-refractivity contribution in [2.45, 2.75) is 23.1 Å². The minimum absolute atomic E-state index is 0.0471. The fourth-order valence-corrected chi connectivity index (χ4v) is 4.90. The van der Waals surface area contributed by atoms with E-state index in [-0.39, 0.29) is 11.8 Å². The second-order valence-corrected chi connectivity index (χ2v) is 10.3. The van der Waals surface area contributed by atoms with Crippen LogP contribution in [0.15, 0.2) is 0 Å². The number of hydrogen-bond donors (Lipinski definition) is 0. The van der Waals surface area contributed by atoms with Crippen molar-refractivity contribution in [2.24, 2.45) is 0 Å². The molecule has 1 nitrogen and oxygen atoms in total. The SMILES string of the molecule is CC(Cl)(CCl)P(=O)(Cl)C(C)(Cl)CCl. The maximum atomic E-state index is 12.1. The number of hydrogen-bond acceptors (Lipinski definition) is 1. The third kappa shape index (κ3) is 2.83. The lowest BCUT2D eigenvalue weighted by molar-refractivity contribution is 0.564. The first-order chi connectivity index (χ1) is 5.62. The molecule has 2 unspecified atom stereocenters. The van der Waals surface area contributed by atoms with Gasteiger partial charge in [0.1, 0.15) is 9.23 Å². The van der Waals surface area contributed by atoms with E-state index in [1.165, 1.54) is 13.8 Å². The molecule has 0 aromatic heterocycles. The van der Waals surface area contributed by atoms with Crippen LogP contribution in [0.5, 0.6) is 0 Å². The summed E-state index contributed by atoms with van der Waals surface area (Å²) in [4.78, 5) is 0. The molecule has 7 heteroatoms. The molecule has 0 aliphatic carbocycles. The molecule has 0 aromatic carbocycles. The first-order valence-corrected chi connectivity index (χ1v) is 7.86. The van der Waals surface area contributed by atoms with Crippen molar-refractivity contribution in [2.75, 3.05) is 11.8 Å². The quantitative estimate of drug-likeness (QED) is 0.534. The highest BCUT2D eigenvalue weighted by atomic mass is 35.7. The topological polar surface area (TPSA) is 17.1 Å². The van der Waals surface area contributed by atoms with Gasteiger partial charge in [0.05, 0.1) is 0 Å². The van der Waals surface area contributed by atoms with Crippen molar-refractivity contribution in [3.8, 4) is 0 Å². The lowest BCUT2D eigenvalue weighted by Gasteiger charge is -2.34. The molecule has 0 heterocycles. The highest BCUT2D eigenvalue weighted by Gasteiger charge is 2.53. The maximum absolute atomic E-state index is 12.1. The zero-order valence-corrected chi connectivity index (χ0v) is 11.8. The lowest BCUT2D eigenvalue weighted by atomic mass is 10.5.